The molecule has 84 valence electrons. The van der Waals surface area contributed by atoms with Crippen molar-refractivity contribution in [2.45, 2.75) is 29.7 Å². The van der Waals surface area contributed by atoms with Crippen LogP contribution in [-0.4, -0.2) is 24.2 Å². The Morgan fingerprint density at radius 3 is 2.33 bits per heavy atom. The van der Waals surface area contributed by atoms with E-state index in [4.69, 9.17) is 5.11 Å². The van der Waals surface area contributed by atoms with E-state index in [1.165, 1.54) is 11.4 Å². The fourth-order valence-electron chi connectivity index (χ4n) is 0.940. The molecule has 1 rings (SSSR count). The standard InChI is InChI=1S/C9H12O4S2/c1-9(2,3)15(12,13)8-6(7(10)11)4-5-14-8/h4-5H,1-3H3,(H,10,11). The highest BCUT2D eigenvalue weighted by molar-refractivity contribution is 7.94. The maximum atomic E-state index is 12.0. The molecule has 0 fully saturated rings. The molecule has 6 heteroatoms. The second kappa shape index (κ2) is 3.61. The molecular weight excluding hydrogens is 236 g/mol. The summed E-state index contributed by atoms with van der Waals surface area (Å²) in [5, 5.41) is 10.3. The van der Waals surface area contributed by atoms with E-state index in [-0.39, 0.29) is 9.77 Å². The van der Waals surface area contributed by atoms with Crippen molar-refractivity contribution in [2.24, 2.45) is 0 Å². The summed E-state index contributed by atoms with van der Waals surface area (Å²) in [6, 6.07) is 1.31. The fourth-order valence-corrected chi connectivity index (χ4v) is 3.97. The zero-order valence-corrected chi connectivity index (χ0v) is 10.3. The molecule has 0 bridgehead atoms. The monoisotopic (exact) mass is 248 g/mol. The minimum Gasteiger partial charge on any atom is -0.478 e. The van der Waals surface area contributed by atoms with E-state index in [2.05, 4.69) is 0 Å². The third kappa shape index (κ3) is 2.05. The van der Waals surface area contributed by atoms with Gasteiger partial charge in [-0.25, -0.2) is 13.2 Å². The first kappa shape index (κ1) is 12.2. The summed E-state index contributed by atoms with van der Waals surface area (Å²) in [4.78, 5) is 10.8. The maximum absolute atomic E-state index is 12.0. The number of aromatic carboxylic acids is 1. The first-order chi connectivity index (χ1) is 6.68. The van der Waals surface area contributed by atoms with Crippen molar-refractivity contribution in [2.75, 3.05) is 0 Å². The molecule has 0 aliphatic carbocycles. The fraction of sp³-hybridized carbons (Fsp3) is 0.444. The second-order valence-electron chi connectivity index (χ2n) is 4.04. The number of carbonyl (C=O) groups is 1. The molecule has 0 unspecified atom stereocenters. The zero-order valence-electron chi connectivity index (χ0n) is 8.64. The number of hydrogen-bond donors (Lipinski definition) is 1. The Bertz CT molecular complexity index is 476. The van der Waals surface area contributed by atoms with Crippen LogP contribution in [0.1, 0.15) is 31.1 Å². The van der Waals surface area contributed by atoms with E-state index in [0.717, 1.165) is 11.3 Å². The van der Waals surface area contributed by atoms with Crippen LogP contribution in [-0.2, 0) is 9.84 Å². The van der Waals surface area contributed by atoms with Crippen molar-refractivity contribution < 1.29 is 18.3 Å². The van der Waals surface area contributed by atoms with Gasteiger partial charge in [-0.2, -0.15) is 0 Å². The van der Waals surface area contributed by atoms with Crippen LogP contribution in [0.25, 0.3) is 0 Å². The first-order valence-corrected chi connectivity index (χ1v) is 6.59. The van der Waals surface area contributed by atoms with Gasteiger partial charge in [0.1, 0.15) is 4.21 Å². The number of thiophene rings is 1. The van der Waals surface area contributed by atoms with Crippen LogP contribution in [0.3, 0.4) is 0 Å². The molecule has 1 heterocycles. The molecule has 1 aromatic rings. The van der Waals surface area contributed by atoms with E-state index in [1.54, 1.807) is 20.8 Å². The molecule has 1 N–H and O–H groups in total. The van der Waals surface area contributed by atoms with E-state index < -0.39 is 20.6 Å². The Labute approximate surface area is 92.5 Å². The van der Waals surface area contributed by atoms with Gasteiger partial charge in [-0.1, -0.05) is 0 Å². The average molecular weight is 248 g/mol. The molecule has 0 aliphatic heterocycles. The van der Waals surface area contributed by atoms with Crippen molar-refractivity contribution in [3.63, 3.8) is 0 Å². The highest BCUT2D eigenvalue weighted by Gasteiger charge is 2.35. The summed E-state index contributed by atoms with van der Waals surface area (Å²) in [6.07, 6.45) is 0. The van der Waals surface area contributed by atoms with E-state index in [0.29, 0.717) is 0 Å². The molecule has 0 atom stereocenters. The Hall–Kier alpha value is -0.880. The minimum absolute atomic E-state index is 0.0671. The van der Waals surface area contributed by atoms with Gasteiger partial charge >= 0.3 is 5.97 Å². The van der Waals surface area contributed by atoms with Gasteiger partial charge in [0.25, 0.3) is 0 Å². The Morgan fingerprint density at radius 2 is 1.93 bits per heavy atom. The number of hydrogen-bond acceptors (Lipinski definition) is 4. The lowest BCUT2D eigenvalue weighted by Crippen LogP contribution is -2.28. The van der Waals surface area contributed by atoms with Crippen LogP contribution in [0.4, 0.5) is 0 Å². The maximum Gasteiger partial charge on any atom is 0.337 e. The summed E-state index contributed by atoms with van der Waals surface area (Å²) < 4.78 is 22.9. The van der Waals surface area contributed by atoms with Crippen LogP contribution in [0, 0.1) is 0 Å². The van der Waals surface area contributed by atoms with E-state index in [1.807, 2.05) is 0 Å². The molecular formula is C9H12O4S2. The number of rotatable bonds is 2. The normalized spacial score (nSPS) is 12.7. The molecule has 0 radical (unpaired) electrons. The van der Waals surface area contributed by atoms with Gasteiger partial charge in [-0.3, -0.25) is 0 Å². The topological polar surface area (TPSA) is 71.4 Å². The second-order valence-corrected chi connectivity index (χ2v) is 7.86. The highest BCUT2D eigenvalue weighted by Crippen LogP contribution is 2.31. The predicted octanol–water partition coefficient (Wildman–Crippen LogP) is 2.02. The smallest absolute Gasteiger partial charge is 0.337 e. The lowest BCUT2D eigenvalue weighted by atomic mass is 10.3. The lowest BCUT2D eigenvalue weighted by molar-refractivity contribution is 0.0693. The molecule has 15 heavy (non-hydrogen) atoms. The highest BCUT2D eigenvalue weighted by atomic mass is 32.2. The van der Waals surface area contributed by atoms with Crippen molar-refractivity contribution >= 4 is 27.1 Å². The molecule has 0 spiro atoms. The quantitative estimate of drug-likeness (QED) is 0.869. The molecule has 4 nitrogen and oxygen atoms in total. The van der Waals surface area contributed by atoms with Crippen molar-refractivity contribution in [1.29, 1.82) is 0 Å². The van der Waals surface area contributed by atoms with Crippen LogP contribution in [0.15, 0.2) is 15.7 Å². The summed E-state index contributed by atoms with van der Waals surface area (Å²) in [5.41, 5.74) is -0.144. The lowest BCUT2D eigenvalue weighted by Gasteiger charge is -2.18. The van der Waals surface area contributed by atoms with Gasteiger partial charge in [0.15, 0.2) is 9.84 Å². The zero-order chi connectivity index (χ0) is 11.9. The van der Waals surface area contributed by atoms with E-state index in [9.17, 15) is 13.2 Å². The predicted molar refractivity (Wildman–Crippen MR) is 58.2 cm³/mol. The van der Waals surface area contributed by atoms with Gasteiger partial charge < -0.3 is 5.11 Å². The molecule has 1 aromatic heterocycles. The van der Waals surface area contributed by atoms with Gasteiger partial charge in [0, 0.05) is 0 Å². The Kier molecular flexibility index (Phi) is 2.93. The van der Waals surface area contributed by atoms with Crippen LogP contribution < -0.4 is 0 Å². The van der Waals surface area contributed by atoms with Gasteiger partial charge in [-0.05, 0) is 32.2 Å². The Morgan fingerprint density at radius 1 is 1.40 bits per heavy atom. The van der Waals surface area contributed by atoms with Gasteiger partial charge in [0.2, 0.25) is 0 Å². The van der Waals surface area contributed by atoms with Crippen LogP contribution in [0.2, 0.25) is 0 Å². The molecule has 0 saturated carbocycles. The first-order valence-electron chi connectivity index (χ1n) is 4.23. The van der Waals surface area contributed by atoms with Crippen LogP contribution in [0.5, 0.6) is 0 Å². The van der Waals surface area contributed by atoms with Crippen molar-refractivity contribution in [1.82, 2.24) is 0 Å². The molecule has 0 saturated heterocycles. The average Bonchev–Trinajstić information content (AvgIpc) is 2.48. The number of carboxylic acid groups (broad SMARTS) is 1. The molecule has 0 amide bonds. The molecule has 0 aromatic carbocycles. The minimum atomic E-state index is -3.57. The number of carboxylic acids is 1. The summed E-state index contributed by atoms with van der Waals surface area (Å²) in [7, 11) is -3.57. The SMILES string of the molecule is CC(C)(C)S(=O)(=O)c1sccc1C(=O)O. The van der Waals surface area contributed by atoms with Crippen molar-refractivity contribution in [3.8, 4) is 0 Å². The molecule has 0 aliphatic rings. The largest absolute Gasteiger partial charge is 0.478 e. The summed E-state index contributed by atoms with van der Waals surface area (Å²) >= 11 is 0.943. The van der Waals surface area contributed by atoms with Gasteiger partial charge in [-0.15, -0.1) is 11.3 Å². The third-order valence-electron chi connectivity index (χ3n) is 1.91. The summed E-state index contributed by atoms with van der Waals surface area (Å²) in [6.45, 7) is 4.65. The van der Waals surface area contributed by atoms with Gasteiger partial charge in [0.05, 0.1) is 10.3 Å². The van der Waals surface area contributed by atoms with E-state index >= 15 is 0 Å². The van der Waals surface area contributed by atoms with Crippen molar-refractivity contribution in [3.05, 3.63) is 17.0 Å². The Balaban J connectivity index is 3.42. The summed E-state index contributed by atoms with van der Waals surface area (Å²) in [5.74, 6) is -1.21. The number of sulfone groups is 1. The van der Waals surface area contributed by atoms with Crippen LogP contribution >= 0.6 is 11.3 Å². The third-order valence-corrected chi connectivity index (χ3v) is 5.88.